The number of rotatable bonds is 8. The van der Waals surface area contributed by atoms with Crippen molar-refractivity contribution in [2.45, 2.75) is 44.8 Å². The Labute approximate surface area is 196 Å². The Bertz CT molecular complexity index is 1060. The third-order valence-electron chi connectivity index (χ3n) is 5.45. The van der Waals surface area contributed by atoms with Crippen LogP contribution >= 0.6 is 0 Å². The monoisotopic (exact) mass is 508 g/mol. The van der Waals surface area contributed by atoms with Gasteiger partial charge in [0.25, 0.3) is 0 Å². The second kappa shape index (κ2) is 9.86. The van der Waals surface area contributed by atoms with Gasteiger partial charge in [-0.15, -0.1) is 0 Å². The maximum atomic E-state index is 14.7. The fourth-order valence-corrected chi connectivity index (χ4v) is 3.88. The van der Waals surface area contributed by atoms with Crippen LogP contribution in [0.4, 0.5) is 26.3 Å². The van der Waals surface area contributed by atoms with Crippen LogP contribution in [0.1, 0.15) is 56.8 Å². The highest BCUT2D eigenvalue weighted by molar-refractivity contribution is 6.04. The highest BCUT2D eigenvalue weighted by Crippen LogP contribution is 2.57. The SMILES string of the molecule is COCc1cc(C(c2cc(C(C)=O)c(O)c(C(C)=O)c2)(C(F)(F)F)C(F)(F)F)cc(COC)c1O. The summed E-state index contributed by atoms with van der Waals surface area (Å²) < 4.78 is 97.6. The maximum Gasteiger partial charge on any atom is 0.411 e. The van der Waals surface area contributed by atoms with E-state index in [9.17, 15) is 46.1 Å². The summed E-state index contributed by atoms with van der Waals surface area (Å²) in [6.45, 7) is 0.573. The van der Waals surface area contributed by atoms with Crippen molar-refractivity contribution < 1.29 is 55.6 Å². The van der Waals surface area contributed by atoms with Gasteiger partial charge in [0.15, 0.2) is 11.6 Å². The molecule has 2 aromatic carbocycles. The molecule has 0 heterocycles. The Morgan fingerprint density at radius 1 is 0.714 bits per heavy atom. The summed E-state index contributed by atoms with van der Waals surface area (Å²) in [5, 5.41) is 20.5. The summed E-state index contributed by atoms with van der Waals surface area (Å²) >= 11 is 0. The van der Waals surface area contributed by atoms with E-state index in [-0.39, 0.29) is 23.3 Å². The first-order valence-electron chi connectivity index (χ1n) is 9.90. The molecule has 0 atom stereocenters. The zero-order valence-electron chi connectivity index (χ0n) is 19.0. The molecule has 0 saturated carbocycles. The number of methoxy groups -OCH3 is 2. The molecule has 0 amide bonds. The molecule has 2 aromatic rings. The fourth-order valence-electron chi connectivity index (χ4n) is 3.88. The van der Waals surface area contributed by atoms with Gasteiger partial charge in [0.05, 0.1) is 24.3 Å². The van der Waals surface area contributed by atoms with E-state index in [1.165, 1.54) is 0 Å². The molecule has 0 radical (unpaired) electrons. The van der Waals surface area contributed by atoms with Gasteiger partial charge in [-0.3, -0.25) is 9.59 Å². The minimum Gasteiger partial charge on any atom is -0.507 e. The second-order valence-corrected chi connectivity index (χ2v) is 7.79. The summed E-state index contributed by atoms with van der Waals surface area (Å²) in [5.74, 6) is -3.76. The van der Waals surface area contributed by atoms with Gasteiger partial charge in [0, 0.05) is 25.3 Å². The molecule has 35 heavy (non-hydrogen) atoms. The molecule has 2 rings (SSSR count). The molecular weight excluding hydrogens is 486 g/mol. The Hall–Kier alpha value is -3.12. The van der Waals surface area contributed by atoms with Gasteiger partial charge in [-0.1, -0.05) is 0 Å². The first-order valence-corrected chi connectivity index (χ1v) is 9.90. The number of halogens is 6. The van der Waals surface area contributed by atoms with Gasteiger partial charge in [-0.2, -0.15) is 26.3 Å². The number of alkyl halides is 6. The van der Waals surface area contributed by atoms with Crippen LogP contribution in [0.15, 0.2) is 24.3 Å². The molecule has 0 aliphatic heterocycles. The largest absolute Gasteiger partial charge is 0.507 e. The lowest BCUT2D eigenvalue weighted by atomic mass is 9.71. The lowest BCUT2D eigenvalue weighted by molar-refractivity contribution is -0.288. The predicted octanol–water partition coefficient (Wildman–Crippen LogP) is 5.21. The van der Waals surface area contributed by atoms with Gasteiger partial charge in [-0.25, -0.2) is 0 Å². The predicted molar refractivity (Wildman–Crippen MR) is 111 cm³/mol. The van der Waals surface area contributed by atoms with Crippen molar-refractivity contribution in [1.82, 2.24) is 0 Å². The van der Waals surface area contributed by atoms with Gasteiger partial charge in [0.1, 0.15) is 11.5 Å². The average molecular weight is 508 g/mol. The van der Waals surface area contributed by atoms with Crippen molar-refractivity contribution in [2.24, 2.45) is 0 Å². The Kier molecular flexibility index (Phi) is 7.92. The molecular formula is C23H22F6O6. The van der Waals surface area contributed by atoms with Crippen LogP contribution in [-0.2, 0) is 28.1 Å². The third kappa shape index (κ3) is 4.85. The number of hydrogen-bond acceptors (Lipinski definition) is 6. The first-order chi connectivity index (χ1) is 16.0. The number of aromatic hydroxyl groups is 2. The van der Waals surface area contributed by atoms with E-state index in [1.54, 1.807) is 0 Å². The zero-order chi connectivity index (χ0) is 26.9. The minimum absolute atomic E-state index is 0.268. The van der Waals surface area contributed by atoms with E-state index >= 15 is 0 Å². The van der Waals surface area contributed by atoms with E-state index in [2.05, 4.69) is 0 Å². The van der Waals surface area contributed by atoms with Crippen molar-refractivity contribution in [3.8, 4) is 11.5 Å². The number of phenols is 2. The molecule has 0 aliphatic rings. The summed E-state index contributed by atoms with van der Waals surface area (Å²) in [6, 6.07) is 1.52. The molecule has 2 N–H and O–H groups in total. The molecule has 0 fully saturated rings. The lowest BCUT2D eigenvalue weighted by Gasteiger charge is -2.39. The average Bonchev–Trinajstić information content (AvgIpc) is 2.70. The number of Topliss-reactive ketones (excluding diaryl/α,β-unsaturated/α-hetero) is 2. The summed E-state index contributed by atoms with van der Waals surface area (Å²) in [6.07, 6.45) is -12.1. The lowest BCUT2D eigenvalue weighted by Crippen LogP contribution is -2.55. The number of carbonyl (C=O) groups is 2. The highest BCUT2D eigenvalue weighted by atomic mass is 19.4. The van der Waals surface area contributed by atoms with Crippen LogP contribution < -0.4 is 0 Å². The van der Waals surface area contributed by atoms with Crippen LogP contribution in [0.2, 0.25) is 0 Å². The Balaban J connectivity index is 3.20. The van der Waals surface area contributed by atoms with Gasteiger partial charge >= 0.3 is 12.4 Å². The summed E-state index contributed by atoms with van der Waals surface area (Å²) in [5.41, 5.74) is -10.2. The van der Waals surface area contributed by atoms with Crippen LogP contribution in [0.25, 0.3) is 0 Å². The Morgan fingerprint density at radius 2 is 1.06 bits per heavy atom. The second-order valence-electron chi connectivity index (χ2n) is 7.79. The smallest absolute Gasteiger partial charge is 0.411 e. The molecule has 0 bridgehead atoms. The van der Waals surface area contributed by atoms with Crippen molar-refractivity contribution >= 4 is 11.6 Å². The number of carbonyl (C=O) groups excluding carboxylic acids is 2. The van der Waals surface area contributed by atoms with Gasteiger partial charge in [0.2, 0.25) is 5.41 Å². The Morgan fingerprint density at radius 3 is 1.34 bits per heavy atom. The molecule has 0 saturated heterocycles. The minimum atomic E-state index is -6.06. The number of hydrogen-bond donors (Lipinski definition) is 2. The normalized spacial score (nSPS) is 12.6. The first kappa shape index (κ1) is 28.1. The molecule has 0 aromatic heterocycles. The van der Waals surface area contributed by atoms with E-state index in [0.29, 0.717) is 12.1 Å². The van der Waals surface area contributed by atoms with Crippen LogP contribution in [-0.4, -0.2) is 48.4 Å². The van der Waals surface area contributed by atoms with Crippen molar-refractivity contribution in [1.29, 1.82) is 0 Å². The topological polar surface area (TPSA) is 93.1 Å². The summed E-state index contributed by atoms with van der Waals surface area (Å²) in [7, 11) is 2.25. The highest BCUT2D eigenvalue weighted by Gasteiger charge is 2.73. The van der Waals surface area contributed by atoms with Crippen LogP contribution in [0.5, 0.6) is 11.5 Å². The van der Waals surface area contributed by atoms with Crippen molar-refractivity contribution in [3.63, 3.8) is 0 Å². The van der Waals surface area contributed by atoms with E-state index < -0.39 is 76.3 Å². The quantitative estimate of drug-likeness (QED) is 0.376. The zero-order valence-corrected chi connectivity index (χ0v) is 19.0. The number of phenolic OH excluding ortho intramolecular Hbond substituents is 2. The van der Waals surface area contributed by atoms with E-state index in [1.807, 2.05) is 0 Å². The third-order valence-corrected chi connectivity index (χ3v) is 5.45. The van der Waals surface area contributed by atoms with Crippen molar-refractivity contribution in [2.75, 3.05) is 14.2 Å². The number of ketones is 2. The van der Waals surface area contributed by atoms with Crippen molar-refractivity contribution in [3.05, 3.63) is 57.6 Å². The van der Waals surface area contributed by atoms with E-state index in [0.717, 1.165) is 28.1 Å². The standard InChI is InChI=1S/C23H22F6O6/c1-11(30)17-7-16(8-18(12(2)31)20(17)33)21(22(24,25)26,23(27,28)29)15-5-13(9-34-3)19(32)14(6-15)10-35-4/h5-8,32-33H,9-10H2,1-4H3. The number of ether oxygens (including phenoxy) is 2. The molecule has 0 unspecified atom stereocenters. The van der Waals surface area contributed by atoms with E-state index in [4.69, 9.17) is 9.47 Å². The van der Waals surface area contributed by atoms with Crippen LogP contribution in [0.3, 0.4) is 0 Å². The van der Waals surface area contributed by atoms with Crippen LogP contribution in [0, 0.1) is 0 Å². The molecule has 0 aliphatic carbocycles. The van der Waals surface area contributed by atoms with Gasteiger partial charge in [-0.05, 0) is 49.2 Å². The van der Waals surface area contributed by atoms with Gasteiger partial charge < -0.3 is 19.7 Å². The molecule has 12 heteroatoms. The number of benzene rings is 2. The fraction of sp³-hybridized carbons (Fsp3) is 0.391. The molecule has 0 spiro atoms. The maximum absolute atomic E-state index is 14.7. The molecule has 6 nitrogen and oxygen atoms in total. The summed E-state index contributed by atoms with van der Waals surface area (Å²) in [4.78, 5) is 24.0. The molecule has 192 valence electrons.